The lowest BCUT2D eigenvalue weighted by molar-refractivity contribution is -0.146. The Morgan fingerprint density at radius 1 is 0.979 bits per heavy atom. The molecular formula is C33H58N6O7S. The molecule has 0 aromatic carbocycles. The highest BCUT2D eigenvalue weighted by Crippen LogP contribution is 2.65. The number of urea groups is 1. The Kier molecular flexibility index (Phi) is 10.7. The van der Waals surface area contributed by atoms with Crippen LogP contribution in [-0.2, 0) is 29.2 Å². The Hall–Kier alpha value is -2.74. The quantitative estimate of drug-likeness (QED) is 0.227. The first-order chi connectivity index (χ1) is 21.2. The lowest BCUT2D eigenvalue weighted by atomic mass is 9.85. The van der Waals surface area contributed by atoms with Gasteiger partial charge in [0.05, 0.1) is 6.26 Å². The minimum Gasteiger partial charge on any atom is -0.347 e. The zero-order chi connectivity index (χ0) is 36.2. The lowest BCUT2D eigenvalue weighted by Crippen LogP contribution is -2.63. The van der Waals surface area contributed by atoms with Gasteiger partial charge in [0, 0.05) is 32.2 Å². The zero-order valence-electron chi connectivity index (χ0n) is 30.5. The first-order valence-corrected chi connectivity index (χ1v) is 18.5. The van der Waals surface area contributed by atoms with E-state index in [1.54, 1.807) is 6.92 Å². The molecule has 1 heterocycles. The van der Waals surface area contributed by atoms with Crippen LogP contribution in [0.25, 0.3) is 0 Å². The van der Waals surface area contributed by atoms with Gasteiger partial charge in [0.1, 0.15) is 17.6 Å². The second kappa shape index (κ2) is 12.9. The van der Waals surface area contributed by atoms with Gasteiger partial charge in [-0.25, -0.2) is 17.5 Å². The van der Waals surface area contributed by atoms with Gasteiger partial charge in [-0.2, -0.15) is 0 Å². The van der Waals surface area contributed by atoms with Gasteiger partial charge in [-0.15, -0.1) is 0 Å². The van der Waals surface area contributed by atoms with Crippen molar-refractivity contribution in [3.8, 4) is 0 Å². The molecule has 268 valence electrons. The standard InChI is InChI=1S/C33H58N6O7S/c1-14-19(3)34-27(42)25(40)33(15-18(33)2)37-26(41)23-22-20(32(22,10)11)16-39(23)28(43)24(31(7,8)9)36-29(44)35-21(30(4,5)6)17-38(12)47(13,45)46/h18-24H,14-17H2,1-13H3,(H,34,42)(H,37,41)(H2,35,36,44)/t18?,19?,20-,21+,22-,23-,24+,33-/m0/s1. The van der Waals surface area contributed by atoms with Crippen LogP contribution in [0.1, 0.15) is 89.0 Å². The fourth-order valence-corrected chi connectivity index (χ4v) is 7.17. The van der Waals surface area contributed by atoms with Gasteiger partial charge in [-0.3, -0.25) is 19.2 Å². The monoisotopic (exact) mass is 682 g/mol. The van der Waals surface area contributed by atoms with Gasteiger partial charge < -0.3 is 26.2 Å². The number of likely N-dealkylation sites (tertiary alicyclic amines) is 1. The van der Waals surface area contributed by atoms with Crippen LogP contribution in [0.5, 0.6) is 0 Å². The first kappa shape index (κ1) is 38.7. The molecule has 3 aliphatic rings. The number of sulfonamides is 1. The van der Waals surface area contributed by atoms with Crippen LogP contribution in [0.15, 0.2) is 0 Å². The van der Waals surface area contributed by atoms with Crippen LogP contribution in [-0.4, -0.2) is 103 Å². The lowest BCUT2D eigenvalue weighted by Gasteiger charge is -2.39. The highest BCUT2D eigenvalue weighted by Gasteiger charge is 2.71. The Bertz CT molecular complexity index is 1380. The number of hydrogen-bond donors (Lipinski definition) is 4. The van der Waals surface area contributed by atoms with Crippen molar-refractivity contribution in [3.05, 3.63) is 0 Å². The number of likely N-dealkylation sites (N-methyl/N-ethyl adjacent to an activating group) is 1. The molecule has 0 spiro atoms. The Balaban J connectivity index is 1.84. The molecule has 2 aliphatic carbocycles. The molecular weight excluding hydrogens is 624 g/mol. The van der Waals surface area contributed by atoms with Gasteiger partial charge in [0.15, 0.2) is 0 Å². The second-order valence-corrected chi connectivity index (χ2v) is 19.0. The van der Waals surface area contributed by atoms with E-state index in [1.165, 1.54) is 16.3 Å². The minimum atomic E-state index is -3.50. The average molecular weight is 683 g/mol. The average Bonchev–Trinajstić information content (AvgIpc) is 3.61. The van der Waals surface area contributed by atoms with E-state index >= 15 is 0 Å². The summed E-state index contributed by atoms with van der Waals surface area (Å²) < 4.78 is 25.4. The number of nitrogens with one attached hydrogen (secondary N) is 4. The smallest absolute Gasteiger partial charge is 0.315 e. The Labute approximate surface area is 281 Å². The third-order valence-electron chi connectivity index (χ3n) is 10.8. The topological polar surface area (TPSA) is 174 Å². The number of Topliss-reactive ketones (excluding diaryl/α,β-unsaturated/α-hetero) is 1. The highest BCUT2D eigenvalue weighted by atomic mass is 32.2. The van der Waals surface area contributed by atoms with E-state index in [0.717, 1.165) is 6.26 Å². The van der Waals surface area contributed by atoms with Crippen molar-refractivity contribution in [2.45, 2.75) is 119 Å². The summed E-state index contributed by atoms with van der Waals surface area (Å²) >= 11 is 0. The van der Waals surface area contributed by atoms with Gasteiger partial charge in [-0.1, -0.05) is 69.2 Å². The van der Waals surface area contributed by atoms with Gasteiger partial charge in [0.25, 0.3) is 5.91 Å². The molecule has 0 aromatic rings. The van der Waals surface area contributed by atoms with Crippen LogP contribution in [0, 0.1) is 34.0 Å². The van der Waals surface area contributed by atoms with E-state index in [-0.39, 0.29) is 35.8 Å². The normalized spacial score (nSPS) is 28.4. The molecule has 0 aromatic heterocycles. The maximum absolute atomic E-state index is 14.3. The maximum atomic E-state index is 14.3. The largest absolute Gasteiger partial charge is 0.347 e. The zero-order valence-corrected chi connectivity index (χ0v) is 31.3. The molecule has 0 bridgehead atoms. The minimum absolute atomic E-state index is 0.0327. The number of carbonyl (C=O) groups excluding carboxylic acids is 5. The second-order valence-electron chi connectivity index (χ2n) is 16.9. The van der Waals surface area contributed by atoms with E-state index in [1.807, 2.05) is 55.4 Å². The summed E-state index contributed by atoms with van der Waals surface area (Å²) in [5.74, 6) is -2.62. The molecule has 14 heteroatoms. The summed E-state index contributed by atoms with van der Waals surface area (Å²) in [6, 6.07) is -3.30. The Morgan fingerprint density at radius 3 is 1.98 bits per heavy atom. The molecule has 8 atom stereocenters. The molecule has 0 radical (unpaired) electrons. The number of carbonyl (C=O) groups is 5. The molecule has 5 amide bonds. The third-order valence-corrected chi connectivity index (χ3v) is 12.0. The summed E-state index contributed by atoms with van der Waals surface area (Å²) in [7, 11) is -2.06. The van der Waals surface area contributed by atoms with Crippen LogP contribution in [0.3, 0.4) is 0 Å². The number of rotatable bonds is 12. The molecule has 47 heavy (non-hydrogen) atoms. The van der Waals surface area contributed by atoms with Crippen molar-refractivity contribution in [2.75, 3.05) is 26.4 Å². The third kappa shape index (κ3) is 8.12. The van der Waals surface area contributed by atoms with E-state index in [9.17, 15) is 32.4 Å². The van der Waals surface area contributed by atoms with Gasteiger partial charge in [-0.05, 0) is 53.8 Å². The number of amides is 5. The molecule has 1 saturated heterocycles. The van der Waals surface area contributed by atoms with Crippen molar-refractivity contribution in [1.29, 1.82) is 0 Å². The summed E-state index contributed by atoms with van der Waals surface area (Å²) in [5.41, 5.74) is -2.79. The molecule has 3 fully saturated rings. The molecule has 13 nitrogen and oxygen atoms in total. The fraction of sp³-hybridized carbons (Fsp3) is 0.848. The molecule has 3 rings (SSSR count). The van der Waals surface area contributed by atoms with Crippen molar-refractivity contribution < 1.29 is 32.4 Å². The van der Waals surface area contributed by atoms with Crippen LogP contribution in [0.4, 0.5) is 4.79 Å². The molecule has 2 saturated carbocycles. The predicted molar refractivity (Wildman–Crippen MR) is 179 cm³/mol. The highest BCUT2D eigenvalue weighted by molar-refractivity contribution is 7.88. The van der Waals surface area contributed by atoms with Crippen LogP contribution in [0.2, 0.25) is 0 Å². The summed E-state index contributed by atoms with van der Waals surface area (Å²) in [4.78, 5) is 69.5. The van der Waals surface area contributed by atoms with E-state index in [4.69, 9.17) is 0 Å². The van der Waals surface area contributed by atoms with E-state index in [2.05, 4.69) is 35.1 Å². The summed E-state index contributed by atoms with van der Waals surface area (Å²) in [5, 5.41) is 11.3. The molecule has 2 unspecified atom stereocenters. The summed E-state index contributed by atoms with van der Waals surface area (Å²) in [6.07, 6.45) is 2.08. The number of hydrogen-bond acceptors (Lipinski definition) is 7. The first-order valence-electron chi connectivity index (χ1n) is 16.7. The van der Waals surface area contributed by atoms with Crippen molar-refractivity contribution >= 4 is 39.6 Å². The molecule has 4 N–H and O–H groups in total. The summed E-state index contributed by atoms with van der Waals surface area (Å²) in [6.45, 7) is 21.1. The maximum Gasteiger partial charge on any atom is 0.315 e. The van der Waals surface area contributed by atoms with E-state index < -0.39 is 74.1 Å². The predicted octanol–water partition coefficient (Wildman–Crippen LogP) is 1.87. The fourth-order valence-electron chi connectivity index (χ4n) is 6.75. The van der Waals surface area contributed by atoms with Crippen LogP contribution >= 0.6 is 0 Å². The van der Waals surface area contributed by atoms with E-state index in [0.29, 0.717) is 19.4 Å². The number of piperidine rings is 1. The number of fused-ring (bicyclic) bond motifs is 1. The van der Waals surface area contributed by atoms with Gasteiger partial charge in [0.2, 0.25) is 27.6 Å². The SMILES string of the molecule is CCC(C)NC(=O)C(=O)[C@]1(NC(=O)[C@@H]2[C@@H]3[C@H](CN2C(=O)[C@@H](NC(=O)N[C@H](CN(C)S(C)(=O)=O)C(C)(C)C)C(C)(C)C)C3(C)C)CC1C. The van der Waals surface area contributed by atoms with Crippen molar-refractivity contribution in [3.63, 3.8) is 0 Å². The number of nitrogens with zero attached hydrogens (tertiary/aromatic N) is 2. The van der Waals surface area contributed by atoms with Crippen LogP contribution < -0.4 is 21.3 Å². The van der Waals surface area contributed by atoms with Crippen molar-refractivity contribution in [2.24, 2.45) is 34.0 Å². The Morgan fingerprint density at radius 2 is 1.53 bits per heavy atom. The number of ketones is 1. The van der Waals surface area contributed by atoms with Gasteiger partial charge >= 0.3 is 6.03 Å². The molecule has 1 aliphatic heterocycles. The van der Waals surface area contributed by atoms with Crippen molar-refractivity contribution in [1.82, 2.24) is 30.5 Å².